The van der Waals surface area contributed by atoms with Gasteiger partial charge < -0.3 is 5.73 Å². The van der Waals surface area contributed by atoms with Crippen molar-refractivity contribution in [1.29, 1.82) is 0 Å². The zero-order chi connectivity index (χ0) is 15.0. The molecule has 112 valence electrons. The Balaban J connectivity index is 2.41. The molecular weight excluding hydrogens is 272 g/mol. The van der Waals surface area contributed by atoms with Crippen molar-refractivity contribution in [3.63, 3.8) is 0 Å². The zero-order valence-electron chi connectivity index (χ0n) is 12.5. The van der Waals surface area contributed by atoms with Gasteiger partial charge in [-0.3, -0.25) is 0 Å². The van der Waals surface area contributed by atoms with Crippen LogP contribution in [0.2, 0.25) is 0 Å². The number of nitrogens with two attached hydrogens (primary N) is 1. The first-order valence-corrected chi connectivity index (χ1v) is 8.54. The van der Waals surface area contributed by atoms with Crippen molar-refractivity contribution in [2.75, 3.05) is 13.6 Å². The molecule has 20 heavy (non-hydrogen) atoms. The van der Waals surface area contributed by atoms with Gasteiger partial charge in [-0.15, -0.1) is 0 Å². The quantitative estimate of drug-likeness (QED) is 0.926. The zero-order valence-corrected chi connectivity index (χ0v) is 13.3. The second-order valence-corrected chi connectivity index (χ2v) is 7.82. The number of aryl methyl sites for hydroxylation is 2. The highest BCUT2D eigenvalue weighted by Crippen LogP contribution is 2.36. The lowest BCUT2D eigenvalue weighted by Crippen LogP contribution is -2.52. The Kier molecular flexibility index (Phi) is 4.23. The second kappa shape index (κ2) is 5.47. The third kappa shape index (κ3) is 2.50. The highest BCUT2D eigenvalue weighted by Gasteiger charge is 2.42. The molecule has 0 bridgehead atoms. The maximum absolute atomic E-state index is 12.8. The molecule has 1 aromatic carbocycles. The SMILES string of the molecule is Cc1ccc(S(=O)(=O)N(C)C2(CN)CCCC2)cc1C. The lowest BCUT2D eigenvalue weighted by Gasteiger charge is -2.36. The molecule has 1 aliphatic carbocycles. The molecule has 0 heterocycles. The van der Waals surface area contributed by atoms with Crippen LogP contribution in [-0.4, -0.2) is 31.9 Å². The fourth-order valence-electron chi connectivity index (χ4n) is 2.97. The van der Waals surface area contributed by atoms with Gasteiger partial charge in [0.15, 0.2) is 0 Å². The van der Waals surface area contributed by atoms with Gasteiger partial charge in [0.25, 0.3) is 0 Å². The number of nitrogens with zero attached hydrogens (tertiary/aromatic N) is 1. The predicted molar refractivity (Wildman–Crippen MR) is 81.1 cm³/mol. The summed E-state index contributed by atoms with van der Waals surface area (Å²) >= 11 is 0. The highest BCUT2D eigenvalue weighted by molar-refractivity contribution is 7.89. The second-order valence-electron chi connectivity index (χ2n) is 5.85. The van der Waals surface area contributed by atoms with E-state index in [2.05, 4.69) is 0 Å². The summed E-state index contributed by atoms with van der Waals surface area (Å²) in [6.45, 7) is 4.30. The van der Waals surface area contributed by atoms with Gasteiger partial charge in [0.1, 0.15) is 0 Å². The van der Waals surface area contributed by atoms with E-state index in [0.717, 1.165) is 36.8 Å². The van der Waals surface area contributed by atoms with Crippen LogP contribution in [-0.2, 0) is 10.0 Å². The molecule has 1 fully saturated rings. The molecule has 0 aliphatic heterocycles. The minimum Gasteiger partial charge on any atom is -0.329 e. The van der Waals surface area contributed by atoms with E-state index in [9.17, 15) is 8.42 Å². The van der Waals surface area contributed by atoms with Crippen LogP contribution in [0.4, 0.5) is 0 Å². The molecule has 2 rings (SSSR count). The molecule has 0 spiro atoms. The van der Waals surface area contributed by atoms with Crippen LogP contribution in [0, 0.1) is 13.8 Å². The van der Waals surface area contributed by atoms with Crippen molar-refractivity contribution in [3.8, 4) is 0 Å². The molecule has 4 nitrogen and oxygen atoms in total. The molecule has 0 aromatic heterocycles. The number of benzene rings is 1. The first kappa shape index (κ1) is 15.5. The molecule has 5 heteroatoms. The molecule has 1 aliphatic rings. The normalized spacial score (nSPS) is 18.6. The number of likely N-dealkylation sites (N-methyl/N-ethyl adjacent to an activating group) is 1. The minimum absolute atomic E-state index is 0.364. The Hall–Kier alpha value is -0.910. The first-order chi connectivity index (χ1) is 9.33. The maximum atomic E-state index is 12.8. The van der Waals surface area contributed by atoms with E-state index in [0.29, 0.717) is 11.4 Å². The Morgan fingerprint density at radius 1 is 1.20 bits per heavy atom. The van der Waals surface area contributed by atoms with Crippen LogP contribution in [0.1, 0.15) is 36.8 Å². The summed E-state index contributed by atoms with van der Waals surface area (Å²) in [4.78, 5) is 0.364. The fourth-order valence-corrected chi connectivity index (χ4v) is 4.62. The van der Waals surface area contributed by atoms with E-state index in [4.69, 9.17) is 5.73 Å². The van der Waals surface area contributed by atoms with Gasteiger partial charge in [-0.2, -0.15) is 4.31 Å². The van der Waals surface area contributed by atoms with Crippen molar-refractivity contribution in [2.24, 2.45) is 5.73 Å². The van der Waals surface area contributed by atoms with Gasteiger partial charge in [-0.25, -0.2) is 8.42 Å². The standard InChI is InChI=1S/C15H24N2O2S/c1-12-6-7-14(10-13(12)2)20(18,19)17(3)15(11-16)8-4-5-9-15/h6-7,10H,4-5,8-9,11,16H2,1-3H3. The smallest absolute Gasteiger partial charge is 0.243 e. The molecule has 0 saturated heterocycles. The summed E-state index contributed by atoms with van der Waals surface area (Å²) in [7, 11) is -1.81. The molecule has 1 aromatic rings. The molecular formula is C15H24N2O2S. The van der Waals surface area contributed by atoms with Crippen LogP contribution in [0.25, 0.3) is 0 Å². The molecule has 0 radical (unpaired) electrons. The Morgan fingerprint density at radius 2 is 1.80 bits per heavy atom. The van der Waals surface area contributed by atoms with Crippen LogP contribution >= 0.6 is 0 Å². The minimum atomic E-state index is -3.48. The van der Waals surface area contributed by atoms with E-state index in [1.165, 1.54) is 4.31 Å². The first-order valence-electron chi connectivity index (χ1n) is 7.10. The maximum Gasteiger partial charge on any atom is 0.243 e. The number of hydrogen-bond acceptors (Lipinski definition) is 3. The van der Waals surface area contributed by atoms with Crippen LogP contribution in [0.3, 0.4) is 0 Å². The van der Waals surface area contributed by atoms with Crippen LogP contribution in [0.15, 0.2) is 23.1 Å². The molecule has 2 N–H and O–H groups in total. The summed E-state index contributed by atoms with van der Waals surface area (Å²) in [6.07, 6.45) is 3.79. The third-order valence-electron chi connectivity index (χ3n) is 4.72. The molecule has 0 unspecified atom stereocenters. The topological polar surface area (TPSA) is 63.4 Å². The van der Waals surface area contributed by atoms with Crippen molar-refractivity contribution in [2.45, 2.75) is 50.0 Å². The highest BCUT2D eigenvalue weighted by atomic mass is 32.2. The average molecular weight is 296 g/mol. The van der Waals surface area contributed by atoms with E-state index >= 15 is 0 Å². The van der Waals surface area contributed by atoms with Gasteiger partial charge in [-0.05, 0) is 49.9 Å². The number of hydrogen-bond donors (Lipinski definition) is 1. The van der Waals surface area contributed by atoms with Crippen molar-refractivity contribution < 1.29 is 8.42 Å². The predicted octanol–water partition coefficient (Wildman–Crippen LogP) is 2.20. The molecule has 0 atom stereocenters. The van der Waals surface area contributed by atoms with Gasteiger partial charge >= 0.3 is 0 Å². The summed E-state index contributed by atoms with van der Waals surface area (Å²) in [6, 6.07) is 5.30. The summed E-state index contributed by atoms with van der Waals surface area (Å²) in [5.41, 5.74) is 7.58. The average Bonchev–Trinajstić information content (AvgIpc) is 2.90. The largest absolute Gasteiger partial charge is 0.329 e. The lowest BCUT2D eigenvalue weighted by molar-refractivity contribution is 0.230. The summed E-state index contributed by atoms with van der Waals surface area (Å²) in [5, 5.41) is 0. The third-order valence-corrected chi connectivity index (χ3v) is 6.68. The number of sulfonamides is 1. The Morgan fingerprint density at radius 3 is 2.30 bits per heavy atom. The molecule has 0 amide bonds. The summed E-state index contributed by atoms with van der Waals surface area (Å²) < 4.78 is 27.1. The van der Waals surface area contributed by atoms with E-state index < -0.39 is 15.6 Å². The van der Waals surface area contributed by atoms with Crippen molar-refractivity contribution in [3.05, 3.63) is 29.3 Å². The monoisotopic (exact) mass is 296 g/mol. The lowest BCUT2D eigenvalue weighted by atomic mass is 9.98. The van der Waals surface area contributed by atoms with Gasteiger partial charge in [0.2, 0.25) is 10.0 Å². The van der Waals surface area contributed by atoms with Crippen molar-refractivity contribution >= 4 is 10.0 Å². The van der Waals surface area contributed by atoms with Gasteiger partial charge in [-0.1, -0.05) is 18.9 Å². The van der Waals surface area contributed by atoms with Crippen molar-refractivity contribution in [1.82, 2.24) is 4.31 Å². The van der Waals surface area contributed by atoms with Crippen LogP contribution < -0.4 is 5.73 Å². The van der Waals surface area contributed by atoms with Gasteiger partial charge in [0.05, 0.1) is 4.90 Å². The Labute approximate surface area is 122 Å². The van der Waals surface area contributed by atoms with E-state index in [1.807, 2.05) is 19.9 Å². The van der Waals surface area contributed by atoms with E-state index in [-0.39, 0.29) is 0 Å². The number of rotatable bonds is 4. The summed E-state index contributed by atoms with van der Waals surface area (Å²) in [5.74, 6) is 0. The molecule has 1 saturated carbocycles. The van der Waals surface area contributed by atoms with Gasteiger partial charge in [0, 0.05) is 19.1 Å². The van der Waals surface area contributed by atoms with E-state index in [1.54, 1.807) is 19.2 Å². The van der Waals surface area contributed by atoms with Crippen LogP contribution in [0.5, 0.6) is 0 Å². The Bertz CT molecular complexity index is 590. The fraction of sp³-hybridized carbons (Fsp3) is 0.600.